The van der Waals surface area contributed by atoms with Gasteiger partial charge in [0.25, 0.3) is 0 Å². The second kappa shape index (κ2) is 7.13. The second-order valence-electron chi connectivity index (χ2n) is 6.72. The number of sulfone groups is 1. The number of carbonyl (C=O) groups is 1. The summed E-state index contributed by atoms with van der Waals surface area (Å²) in [5.41, 5.74) is 3.70. The molecule has 28 heavy (non-hydrogen) atoms. The first-order valence-electron chi connectivity index (χ1n) is 8.89. The summed E-state index contributed by atoms with van der Waals surface area (Å²) in [6.07, 6.45) is 5.86. The van der Waals surface area contributed by atoms with E-state index < -0.39 is 9.84 Å². The van der Waals surface area contributed by atoms with Gasteiger partial charge in [0.2, 0.25) is 9.84 Å². The third-order valence-corrected chi connectivity index (χ3v) is 6.50. The molecule has 0 spiro atoms. The van der Waals surface area contributed by atoms with E-state index in [-0.39, 0.29) is 17.1 Å². The van der Waals surface area contributed by atoms with Crippen LogP contribution in [0.3, 0.4) is 0 Å². The highest BCUT2D eigenvalue weighted by Gasteiger charge is 2.28. The number of ketones is 1. The molecule has 0 unspecified atom stereocenters. The van der Waals surface area contributed by atoms with Crippen molar-refractivity contribution in [2.75, 3.05) is 0 Å². The Bertz CT molecular complexity index is 1200. The Morgan fingerprint density at radius 3 is 2.57 bits per heavy atom. The fraction of sp³-hybridized carbons (Fsp3) is 0.136. The molecule has 0 aliphatic heterocycles. The molecule has 0 fully saturated rings. The van der Waals surface area contributed by atoms with Crippen LogP contribution in [-0.2, 0) is 27.5 Å². The summed E-state index contributed by atoms with van der Waals surface area (Å²) in [4.78, 5) is 20.6. The van der Waals surface area contributed by atoms with Crippen LogP contribution in [-0.4, -0.2) is 24.2 Å². The summed E-state index contributed by atoms with van der Waals surface area (Å²) in [6.45, 7) is 1.52. The van der Waals surface area contributed by atoms with Gasteiger partial charge in [0.05, 0.1) is 15.5 Å². The molecular formula is C22H18N2O3S. The van der Waals surface area contributed by atoms with E-state index in [2.05, 4.69) is 9.97 Å². The molecule has 2 aromatic heterocycles. The highest BCUT2D eigenvalue weighted by molar-refractivity contribution is 8.00. The average molecular weight is 390 g/mol. The van der Waals surface area contributed by atoms with Crippen LogP contribution in [0.1, 0.15) is 23.9 Å². The number of aromatic nitrogens is 2. The van der Waals surface area contributed by atoms with Gasteiger partial charge in [0.15, 0.2) is 0 Å². The van der Waals surface area contributed by atoms with Gasteiger partial charge in [-0.05, 0) is 42.8 Å². The first kappa shape index (κ1) is 18.3. The third kappa shape index (κ3) is 3.39. The molecule has 140 valence electrons. The van der Waals surface area contributed by atoms with Crippen molar-refractivity contribution in [2.45, 2.75) is 24.7 Å². The molecule has 3 aromatic rings. The minimum Gasteiger partial charge on any atom is -0.300 e. The Balaban J connectivity index is 1.75. The standard InChI is InChI=1S/C22H18N2O3S/c1-15(25)11-18-12-16(9-10-23-18)17-13-20-21(24-14-17)7-8-22(20)28(26,27)19-5-3-2-4-6-19/h2-6,8-10,12-14H,7,11H2,1H3. The van der Waals surface area contributed by atoms with Crippen molar-refractivity contribution in [3.8, 4) is 11.1 Å². The lowest BCUT2D eigenvalue weighted by atomic mass is 10.0. The molecule has 0 N–H and O–H groups in total. The molecule has 0 bridgehead atoms. The quantitative estimate of drug-likeness (QED) is 0.665. The molecule has 4 rings (SSSR count). The predicted octanol–water partition coefficient (Wildman–Crippen LogP) is 3.65. The van der Waals surface area contributed by atoms with Gasteiger partial charge < -0.3 is 0 Å². The molecule has 1 aromatic carbocycles. The predicted molar refractivity (Wildman–Crippen MR) is 107 cm³/mol. The molecule has 1 aliphatic rings. The summed E-state index contributed by atoms with van der Waals surface area (Å²) in [5, 5.41) is 0. The number of allylic oxidation sites excluding steroid dienone is 1. The van der Waals surface area contributed by atoms with E-state index in [9.17, 15) is 13.2 Å². The number of Topliss-reactive ketones (excluding diaryl/α,β-unsaturated/α-hetero) is 1. The second-order valence-corrected chi connectivity index (χ2v) is 8.64. The van der Waals surface area contributed by atoms with Crippen molar-refractivity contribution >= 4 is 20.5 Å². The number of pyridine rings is 2. The molecule has 0 radical (unpaired) electrons. The maximum absolute atomic E-state index is 13.1. The topological polar surface area (TPSA) is 77.0 Å². The normalized spacial score (nSPS) is 13.1. The SMILES string of the molecule is CC(=O)Cc1cc(-c2cnc3c(c2)C(S(=O)(=O)c2ccccc2)=CC3)ccn1. The minimum atomic E-state index is -3.61. The van der Waals surface area contributed by atoms with Crippen LogP contribution in [0.4, 0.5) is 0 Å². The van der Waals surface area contributed by atoms with Gasteiger partial charge in [-0.15, -0.1) is 0 Å². The third-order valence-electron chi connectivity index (χ3n) is 4.64. The number of benzene rings is 1. The maximum Gasteiger partial charge on any atom is 0.206 e. The van der Waals surface area contributed by atoms with Crippen LogP contribution >= 0.6 is 0 Å². The molecule has 1 aliphatic carbocycles. The van der Waals surface area contributed by atoms with Gasteiger partial charge in [0.1, 0.15) is 5.78 Å². The van der Waals surface area contributed by atoms with E-state index in [1.54, 1.807) is 48.8 Å². The first-order chi connectivity index (χ1) is 13.4. The molecular weight excluding hydrogens is 372 g/mol. The fourth-order valence-corrected chi connectivity index (χ4v) is 4.86. The number of rotatable bonds is 5. The van der Waals surface area contributed by atoms with E-state index in [1.807, 2.05) is 18.2 Å². The monoisotopic (exact) mass is 390 g/mol. The van der Waals surface area contributed by atoms with Gasteiger partial charge in [-0.25, -0.2) is 8.42 Å². The Morgan fingerprint density at radius 1 is 1.04 bits per heavy atom. The Hall–Kier alpha value is -3.12. The van der Waals surface area contributed by atoms with Crippen LogP contribution in [0, 0.1) is 0 Å². The van der Waals surface area contributed by atoms with Crippen molar-refractivity contribution in [1.82, 2.24) is 9.97 Å². The number of hydrogen-bond acceptors (Lipinski definition) is 5. The van der Waals surface area contributed by atoms with Crippen LogP contribution in [0.5, 0.6) is 0 Å². The lowest BCUT2D eigenvalue weighted by Gasteiger charge is -2.10. The Kier molecular flexibility index (Phi) is 4.65. The summed E-state index contributed by atoms with van der Waals surface area (Å²) in [6, 6.07) is 13.9. The average Bonchev–Trinajstić information content (AvgIpc) is 3.12. The number of nitrogens with zero attached hydrogens (tertiary/aromatic N) is 2. The molecule has 6 heteroatoms. The largest absolute Gasteiger partial charge is 0.300 e. The van der Waals surface area contributed by atoms with Crippen molar-refractivity contribution in [3.63, 3.8) is 0 Å². The zero-order valence-electron chi connectivity index (χ0n) is 15.3. The van der Waals surface area contributed by atoms with Crippen molar-refractivity contribution in [2.24, 2.45) is 0 Å². The number of hydrogen-bond donors (Lipinski definition) is 0. The first-order valence-corrected chi connectivity index (χ1v) is 10.4. The molecule has 0 atom stereocenters. The van der Waals surface area contributed by atoms with Gasteiger partial charge in [-0.3, -0.25) is 14.8 Å². The van der Waals surface area contributed by atoms with Gasteiger partial charge >= 0.3 is 0 Å². The highest BCUT2D eigenvalue weighted by atomic mass is 32.2. The smallest absolute Gasteiger partial charge is 0.206 e. The summed E-state index contributed by atoms with van der Waals surface area (Å²) < 4.78 is 26.2. The summed E-state index contributed by atoms with van der Waals surface area (Å²) >= 11 is 0. The lowest BCUT2D eigenvalue weighted by Crippen LogP contribution is -2.04. The van der Waals surface area contributed by atoms with Gasteiger partial charge in [0, 0.05) is 42.1 Å². The zero-order chi connectivity index (χ0) is 19.7. The number of fused-ring (bicyclic) bond motifs is 1. The van der Waals surface area contributed by atoms with Crippen LogP contribution in [0.15, 0.2) is 71.9 Å². The van der Waals surface area contributed by atoms with Crippen LogP contribution in [0.2, 0.25) is 0 Å². The summed E-state index contributed by atoms with van der Waals surface area (Å²) in [5.74, 6) is 0.0379. The fourth-order valence-electron chi connectivity index (χ4n) is 3.32. The van der Waals surface area contributed by atoms with Gasteiger partial charge in [-0.2, -0.15) is 0 Å². The van der Waals surface area contributed by atoms with E-state index in [0.717, 1.165) is 16.8 Å². The summed E-state index contributed by atoms with van der Waals surface area (Å²) in [7, 11) is -3.61. The Morgan fingerprint density at radius 2 is 1.82 bits per heavy atom. The molecule has 0 amide bonds. The maximum atomic E-state index is 13.1. The minimum absolute atomic E-state index is 0.0379. The highest BCUT2D eigenvalue weighted by Crippen LogP contribution is 2.36. The number of carbonyl (C=O) groups excluding carboxylic acids is 1. The van der Waals surface area contributed by atoms with Crippen molar-refractivity contribution < 1.29 is 13.2 Å². The van der Waals surface area contributed by atoms with Gasteiger partial charge in [-0.1, -0.05) is 24.3 Å². The van der Waals surface area contributed by atoms with E-state index in [0.29, 0.717) is 22.6 Å². The van der Waals surface area contributed by atoms with Crippen LogP contribution in [0.25, 0.3) is 16.0 Å². The van der Waals surface area contributed by atoms with E-state index in [4.69, 9.17) is 0 Å². The van der Waals surface area contributed by atoms with Crippen molar-refractivity contribution in [1.29, 1.82) is 0 Å². The van der Waals surface area contributed by atoms with E-state index in [1.165, 1.54) is 6.92 Å². The van der Waals surface area contributed by atoms with Crippen LogP contribution < -0.4 is 0 Å². The molecule has 0 saturated heterocycles. The molecule has 0 saturated carbocycles. The molecule has 5 nitrogen and oxygen atoms in total. The van der Waals surface area contributed by atoms with E-state index >= 15 is 0 Å². The zero-order valence-corrected chi connectivity index (χ0v) is 16.1. The lowest BCUT2D eigenvalue weighted by molar-refractivity contribution is -0.116. The molecule has 2 heterocycles. The Labute approximate surface area is 163 Å². The van der Waals surface area contributed by atoms with Crippen molar-refractivity contribution in [3.05, 3.63) is 84.0 Å².